The first-order valence-corrected chi connectivity index (χ1v) is 17.5. The Balaban J connectivity index is 1.47. The maximum atomic E-state index is 6.56. The number of nitrogens with zero attached hydrogens (tertiary/aromatic N) is 6. The lowest BCUT2D eigenvalue weighted by Crippen LogP contribution is -2.46. The summed E-state index contributed by atoms with van der Waals surface area (Å²) in [4.78, 5) is 24.2. The van der Waals surface area contributed by atoms with Crippen molar-refractivity contribution >= 4 is 31.6 Å². The second-order valence-corrected chi connectivity index (χ2v) is 18.7. The van der Waals surface area contributed by atoms with E-state index < -0.39 is 8.32 Å². The highest BCUT2D eigenvalue weighted by Crippen LogP contribution is 2.47. The smallest absolute Gasteiger partial charge is 0.225 e. The molecule has 10 heteroatoms. The molecule has 39 heavy (non-hydrogen) atoms. The van der Waals surface area contributed by atoms with Crippen LogP contribution in [-0.4, -0.2) is 66.1 Å². The lowest BCUT2D eigenvalue weighted by atomic mass is 9.87. The van der Waals surface area contributed by atoms with Crippen LogP contribution in [-0.2, 0) is 21.2 Å². The molecule has 1 aliphatic carbocycles. The van der Waals surface area contributed by atoms with Crippen LogP contribution in [0.4, 0.5) is 23.3 Å². The SMILES string of the molecule is C[C@@H]1CN(c2ncc(N3CC(C)(C)c4c(NC5CCC5)nc(CO[Si](C)(C)C(C)(C)C)nc43)cn2)C[C@H](C)O1. The third-order valence-corrected chi connectivity index (χ3v) is 13.4. The Morgan fingerprint density at radius 3 is 2.28 bits per heavy atom. The Bertz CT molecular complexity index is 1170. The predicted octanol–water partition coefficient (Wildman–Crippen LogP) is 5.80. The standard InChI is InChI=1S/C29H47N7O2Si/c1-19-15-35(16-20(2)38-19)27-30-13-22(14-31-27)36-18-29(6,7)24-25(32-21-11-10-12-21)33-23(34-26(24)36)17-37-39(8,9)28(3,4)5/h13-14,19-21H,10-12,15-18H2,1-9H3,(H,32,33,34)/t19-,20+. The van der Waals surface area contributed by atoms with Gasteiger partial charge in [0, 0.05) is 36.7 Å². The second kappa shape index (κ2) is 10.3. The summed E-state index contributed by atoms with van der Waals surface area (Å²) in [5, 5.41) is 3.89. The first-order valence-electron chi connectivity index (χ1n) is 14.6. The molecule has 2 atom stereocenters. The summed E-state index contributed by atoms with van der Waals surface area (Å²) in [7, 11) is -1.95. The van der Waals surface area contributed by atoms with Gasteiger partial charge >= 0.3 is 0 Å². The lowest BCUT2D eigenvalue weighted by Gasteiger charge is -2.36. The van der Waals surface area contributed by atoms with Crippen LogP contribution in [0.5, 0.6) is 0 Å². The number of nitrogens with one attached hydrogen (secondary N) is 1. The molecule has 3 aliphatic rings. The Hall–Kier alpha value is -2.30. The number of morpholine rings is 1. The Labute approximate surface area is 235 Å². The van der Waals surface area contributed by atoms with Crippen molar-refractivity contribution in [1.82, 2.24) is 19.9 Å². The van der Waals surface area contributed by atoms with Gasteiger partial charge in [-0.05, 0) is 51.2 Å². The molecular formula is C29H47N7O2Si. The third-order valence-electron chi connectivity index (χ3n) is 8.88. The molecule has 0 amide bonds. The average molecular weight is 554 g/mol. The van der Waals surface area contributed by atoms with E-state index in [9.17, 15) is 0 Å². The van der Waals surface area contributed by atoms with Crippen LogP contribution < -0.4 is 15.1 Å². The molecule has 0 bridgehead atoms. The number of rotatable bonds is 7. The molecule has 2 fully saturated rings. The molecule has 5 rings (SSSR count). The van der Waals surface area contributed by atoms with Crippen molar-refractivity contribution in [1.29, 1.82) is 0 Å². The summed E-state index contributed by atoms with van der Waals surface area (Å²) in [6.45, 7) is 22.9. The zero-order chi connectivity index (χ0) is 28.2. The summed E-state index contributed by atoms with van der Waals surface area (Å²) in [5.74, 6) is 3.38. The number of ether oxygens (including phenoxy) is 1. The Morgan fingerprint density at radius 1 is 1.08 bits per heavy atom. The van der Waals surface area contributed by atoms with Crippen LogP contribution in [0.25, 0.3) is 0 Å². The van der Waals surface area contributed by atoms with E-state index in [0.29, 0.717) is 12.6 Å². The Morgan fingerprint density at radius 2 is 1.72 bits per heavy atom. The fraction of sp³-hybridized carbons (Fsp3) is 0.724. The van der Waals surface area contributed by atoms with Crippen LogP contribution >= 0.6 is 0 Å². The highest BCUT2D eigenvalue weighted by atomic mass is 28.4. The van der Waals surface area contributed by atoms with E-state index in [0.717, 1.165) is 48.7 Å². The van der Waals surface area contributed by atoms with Crippen molar-refractivity contribution in [3.63, 3.8) is 0 Å². The fourth-order valence-corrected chi connectivity index (χ4v) is 6.33. The number of fused-ring (bicyclic) bond motifs is 1. The first-order chi connectivity index (χ1) is 18.2. The molecule has 9 nitrogen and oxygen atoms in total. The van der Waals surface area contributed by atoms with Crippen LogP contribution in [0.1, 0.15) is 79.1 Å². The molecule has 1 saturated heterocycles. The van der Waals surface area contributed by atoms with Crippen LogP contribution in [0, 0.1) is 0 Å². The van der Waals surface area contributed by atoms with Crippen molar-refractivity contribution in [3.8, 4) is 0 Å². The van der Waals surface area contributed by atoms with Gasteiger partial charge in [0.15, 0.2) is 14.1 Å². The minimum atomic E-state index is -1.95. The highest BCUT2D eigenvalue weighted by molar-refractivity contribution is 6.74. The largest absolute Gasteiger partial charge is 0.409 e. The van der Waals surface area contributed by atoms with Crippen molar-refractivity contribution < 1.29 is 9.16 Å². The van der Waals surface area contributed by atoms with Crippen LogP contribution in [0.3, 0.4) is 0 Å². The van der Waals surface area contributed by atoms with Crippen molar-refractivity contribution in [3.05, 3.63) is 23.8 Å². The summed E-state index contributed by atoms with van der Waals surface area (Å²) < 4.78 is 12.5. The van der Waals surface area contributed by atoms with Crippen LogP contribution in [0.15, 0.2) is 12.4 Å². The van der Waals surface area contributed by atoms with Crippen molar-refractivity contribution in [2.24, 2.45) is 0 Å². The summed E-state index contributed by atoms with van der Waals surface area (Å²) >= 11 is 0. The zero-order valence-corrected chi connectivity index (χ0v) is 26.3. The summed E-state index contributed by atoms with van der Waals surface area (Å²) in [6.07, 6.45) is 7.84. The summed E-state index contributed by atoms with van der Waals surface area (Å²) in [5.41, 5.74) is 1.99. The van der Waals surface area contributed by atoms with Gasteiger partial charge in [-0.2, -0.15) is 0 Å². The minimum absolute atomic E-state index is 0.125. The van der Waals surface area contributed by atoms with Gasteiger partial charge in [-0.25, -0.2) is 19.9 Å². The molecule has 1 saturated carbocycles. The van der Waals surface area contributed by atoms with Crippen LogP contribution in [0.2, 0.25) is 18.1 Å². The zero-order valence-electron chi connectivity index (χ0n) is 25.3. The van der Waals surface area contributed by atoms with Gasteiger partial charge in [-0.1, -0.05) is 34.6 Å². The molecule has 2 aliphatic heterocycles. The molecule has 0 aromatic carbocycles. The number of hydrogen-bond acceptors (Lipinski definition) is 9. The minimum Gasteiger partial charge on any atom is -0.409 e. The van der Waals surface area contributed by atoms with Gasteiger partial charge in [0.05, 0.1) is 36.9 Å². The van der Waals surface area contributed by atoms with Gasteiger partial charge < -0.3 is 24.3 Å². The second-order valence-electron chi connectivity index (χ2n) is 13.9. The van der Waals surface area contributed by atoms with E-state index in [4.69, 9.17) is 29.1 Å². The predicted molar refractivity (Wildman–Crippen MR) is 160 cm³/mol. The van der Waals surface area contributed by atoms with E-state index in [1.54, 1.807) is 0 Å². The van der Waals surface area contributed by atoms with E-state index in [1.807, 2.05) is 12.4 Å². The van der Waals surface area contributed by atoms with Gasteiger partial charge in [0.25, 0.3) is 0 Å². The molecule has 0 spiro atoms. The van der Waals surface area contributed by atoms with Gasteiger partial charge in [-0.15, -0.1) is 0 Å². The first kappa shape index (κ1) is 28.2. The quantitative estimate of drug-likeness (QED) is 0.428. The van der Waals surface area contributed by atoms with Gasteiger partial charge in [-0.3, -0.25) is 0 Å². The molecule has 1 N–H and O–H groups in total. The topological polar surface area (TPSA) is 88.5 Å². The number of aromatic nitrogens is 4. The normalized spacial score (nSPS) is 23.5. The molecule has 214 valence electrons. The van der Waals surface area contributed by atoms with Crippen molar-refractivity contribution in [2.75, 3.05) is 34.8 Å². The molecule has 2 aromatic rings. The molecule has 0 radical (unpaired) electrons. The van der Waals surface area contributed by atoms with Crippen molar-refractivity contribution in [2.45, 2.75) is 116 Å². The lowest BCUT2D eigenvalue weighted by molar-refractivity contribution is -0.00572. The average Bonchev–Trinajstić information content (AvgIpc) is 3.09. The van der Waals surface area contributed by atoms with E-state index >= 15 is 0 Å². The molecular weight excluding hydrogens is 506 g/mol. The maximum Gasteiger partial charge on any atom is 0.225 e. The van der Waals surface area contributed by atoms with Gasteiger partial charge in [0.1, 0.15) is 11.6 Å². The molecule has 2 aromatic heterocycles. The van der Waals surface area contributed by atoms with E-state index in [2.05, 4.69) is 76.7 Å². The van der Waals surface area contributed by atoms with E-state index in [1.165, 1.54) is 24.8 Å². The molecule has 0 unspecified atom stereocenters. The number of hydrogen-bond donors (Lipinski definition) is 1. The monoisotopic (exact) mass is 553 g/mol. The summed E-state index contributed by atoms with van der Waals surface area (Å²) in [6, 6.07) is 0.476. The third kappa shape index (κ3) is 5.79. The maximum absolute atomic E-state index is 6.56. The number of anilines is 4. The fourth-order valence-electron chi connectivity index (χ4n) is 5.41. The Kier molecular flexibility index (Phi) is 7.43. The highest BCUT2D eigenvalue weighted by Gasteiger charge is 2.42. The molecule has 4 heterocycles. The van der Waals surface area contributed by atoms with Gasteiger partial charge in [0.2, 0.25) is 5.95 Å². The van der Waals surface area contributed by atoms with E-state index in [-0.39, 0.29) is 22.7 Å².